The fourth-order valence-corrected chi connectivity index (χ4v) is 3.17. The summed E-state index contributed by atoms with van der Waals surface area (Å²) in [5.74, 6) is -0.113. The van der Waals surface area contributed by atoms with Crippen LogP contribution in [0.2, 0.25) is 0 Å². The summed E-state index contributed by atoms with van der Waals surface area (Å²) in [7, 11) is 0. The maximum atomic E-state index is 12.0. The Bertz CT molecular complexity index is 779. The molecule has 0 spiro atoms. The van der Waals surface area contributed by atoms with Gasteiger partial charge in [0.1, 0.15) is 5.69 Å². The minimum atomic E-state index is -0.113. The lowest BCUT2D eigenvalue weighted by atomic mass is 10.1. The molecule has 0 aliphatic heterocycles. The molecule has 3 aromatic rings. The van der Waals surface area contributed by atoms with E-state index in [0.717, 1.165) is 17.7 Å². The standard InChI is InChI=1S/C17H16N2OS/c1-2-10-18-17(20)15-8-5-7-14(19-15)13-11-21-16-9-4-3-6-12(13)16/h3-9,11H,2,10H2,1H3,(H,18,20). The number of carbonyl (C=O) groups is 1. The molecule has 0 aliphatic carbocycles. The lowest BCUT2D eigenvalue weighted by molar-refractivity contribution is 0.0949. The number of carbonyl (C=O) groups excluding carboxylic acids is 1. The van der Waals surface area contributed by atoms with Crippen LogP contribution < -0.4 is 5.32 Å². The van der Waals surface area contributed by atoms with Crippen LogP contribution in [0.3, 0.4) is 0 Å². The number of hydrogen-bond acceptors (Lipinski definition) is 3. The molecule has 0 atom stereocenters. The molecule has 0 aliphatic rings. The van der Waals surface area contributed by atoms with E-state index in [1.807, 2.05) is 31.2 Å². The maximum absolute atomic E-state index is 12.0. The molecule has 1 aromatic carbocycles. The van der Waals surface area contributed by atoms with Crippen molar-refractivity contribution in [3.8, 4) is 11.3 Å². The molecule has 0 bridgehead atoms. The first-order valence-electron chi connectivity index (χ1n) is 7.01. The number of rotatable bonds is 4. The molecule has 0 unspecified atom stereocenters. The predicted octanol–water partition coefficient (Wildman–Crippen LogP) is 4.10. The second kappa shape index (κ2) is 6.06. The number of benzene rings is 1. The van der Waals surface area contributed by atoms with Gasteiger partial charge in [-0.05, 0) is 24.6 Å². The van der Waals surface area contributed by atoms with Crippen LogP contribution in [-0.2, 0) is 0 Å². The van der Waals surface area contributed by atoms with Gasteiger partial charge in [0, 0.05) is 27.6 Å². The van der Waals surface area contributed by atoms with Crippen molar-refractivity contribution < 1.29 is 4.79 Å². The highest BCUT2D eigenvalue weighted by molar-refractivity contribution is 7.17. The number of pyridine rings is 1. The summed E-state index contributed by atoms with van der Waals surface area (Å²) in [4.78, 5) is 16.5. The van der Waals surface area contributed by atoms with Crippen LogP contribution in [0.1, 0.15) is 23.8 Å². The molecule has 0 radical (unpaired) electrons. The number of nitrogens with one attached hydrogen (secondary N) is 1. The van der Waals surface area contributed by atoms with Crippen molar-refractivity contribution in [1.29, 1.82) is 0 Å². The quantitative estimate of drug-likeness (QED) is 0.787. The highest BCUT2D eigenvalue weighted by Crippen LogP contribution is 2.32. The Morgan fingerprint density at radius 3 is 2.90 bits per heavy atom. The van der Waals surface area contributed by atoms with Gasteiger partial charge >= 0.3 is 0 Å². The van der Waals surface area contributed by atoms with Gasteiger partial charge in [0.25, 0.3) is 5.91 Å². The Morgan fingerprint density at radius 1 is 1.19 bits per heavy atom. The summed E-state index contributed by atoms with van der Waals surface area (Å²) >= 11 is 1.70. The van der Waals surface area contributed by atoms with E-state index in [-0.39, 0.29) is 5.91 Å². The summed E-state index contributed by atoms with van der Waals surface area (Å²) in [5, 5.41) is 6.14. The van der Waals surface area contributed by atoms with Crippen molar-refractivity contribution in [2.75, 3.05) is 6.54 Å². The molecule has 3 rings (SSSR count). The molecule has 0 fully saturated rings. The molecule has 4 heteroatoms. The van der Waals surface area contributed by atoms with E-state index in [0.29, 0.717) is 12.2 Å². The summed E-state index contributed by atoms with van der Waals surface area (Å²) in [5.41, 5.74) is 2.40. The minimum absolute atomic E-state index is 0.113. The van der Waals surface area contributed by atoms with Crippen molar-refractivity contribution in [2.45, 2.75) is 13.3 Å². The van der Waals surface area contributed by atoms with Crippen LogP contribution in [0.15, 0.2) is 47.8 Å². The fraction of sp³-hybridized carbons (Fsp3) is 0.176. The van der Waals surface area contributed by atoms with E-state index < -0.39 is 0 Å². The molecule has 0 saturated carbocycles. The van der Waals surface area contributed by atoms with Gasteiger partial charge in [-0.25, -0.2) is 4.98 Å². The second-order valence-corrected chi connectivity index (χ2v) is 5.72. The Balaban J connectivity index is 1.98. The zero-order chi connectivity index (χ0) is 14.7. The number of amides is 1. The van der Waals surface area contributed by atoms with Gasteiger partial charge in [0.05, 0.1) is 5.69 Å². The third-order valence-corrected chi connectivity index (χ3v) is 4.24. The number of nitrogens with zero attached hydrogens (tertiary/aromatic N) is 1. The number of aromatic nitrogens is 1. The Morgan fingerprint density at radius 2 is 2.05 bits per heavy atom. The average molecular weight is 296 g/mol. The third kappa shape index (κ3) is 2.81. The molecular formula is C17H16N2OS. The van der Waals surface area contributed by atoms with Crippen LogP contribution in [0.5, 0.6) is 0 Å². The van der Waals surface area contributed by atoms with E-state index >= 15 is 0 Å². The molecule has 2 heterocycles. The number of hydrogen-bond donors (Lipinski definition) is 1. The van der Waals surface area contributed by atoms with Gasteiger partial charge < -0.3 is 5.32 Å². The maximum Gasteiger partial charge on any atom is 0.269 e. The number of fused-ring (bicyclic) bond motifs is 1. The zero-order valence-electron chi connectivity index (χ0n) is 11.8. The molecule has 1 amide bonds. The predicted molar refractivity (Wildman–Crippen MR) is 87.7 cm³/mol. The van der Waals surface area contributed by atoms with Crippen molar-refractivity contribution in [1.82, 2.24) is 10.3 Å². The van der Waals surface area contributed by atoms with Crippen LogP contribution in [0.4, 0.5) is 0 Å². The van der Waals surface area contributed by atoms with Crippen molar-refractivity contribution in [3.05, 3.63) is 53.5 Å². The monoisotopic (exact) mass is 296 g/mol. The normalized spacial score (nSPS) is 10.7. The van der Waals surface area contributed by atoms with Gasteiger partial charge in [-0.3, -0.25) is 4.79 Å². The zero-order valence-corrected chi connectivity index (χ0v) is 12.6. The summed E-state index contributed by atoms with van der Waals surface area (Å²) in [6.45, 7) is 2.70. The van der Waals surface area contributed by atoms with Crippen LogP contribution >= 0.6 is 11.3 Å². The SMILES string of the molecule is CCCNC(=O)c1cccc(-c2csc3ccccc23)n1. The highest BCUT2D eigenvalue weighted by atomic mass is 32.1. The van der Waals surface area contributed by atoms with Crippen molar-refractivity contribution in [2.24, 2.45) is 0 Å². The molecule has 3 nitrogen and oxygen atoms in total. The third-order valence-electron chi connectivity index (χ3n) is 3.27. The molecule has 0 saturated heterocycles. The molecule has 106 valence electrons. The largest absolute Gasteiger partial charge is 0.351 e. The second-order valence-electron chi connectivity index (χ2n) is 4.81. The highest BCUT2D eigenvalue weighted by Gasteiger charge is 2.11. The Kier molecular flexibility index (Phi) is 3.97. The van der Waals surface area contributed by atoms with Crippen LogP contribution in [0.25, 0.3) is 21.3 Å². The first-order valence-corrected chi connectivity index (χ1v) is 7.89. The lowest BCUT2D eigenvalue weighted by Gasteiger charge is -2.05. The van der Waals surface area contributed by atoms with Gasteiger partial charge in [-0.2, -0.15) is 0 Å². The van der Waals surface area contributed by atoms with E-state index in [9.17, 15) is 4.79 Å². The van der Waals surface area contributed by atoms with E-state index in [1.165, 1.54) is 10.1 Å². The van der Waals surface area contributed by atoms with Crippen molar-refractivity contribution in [3.63, 3.8) is 0 Å². The van der Waals surface area contributed by atoms with Crippen LogP contribution in [0, 0.1) is 0 Å². The topological polar surface area (TPSA) is 42.0 Å². The average Bonchev–Trinajstić information content (AvgIpc) is 2.97. The molecular weight excluding hydrogens is 280 g/mol. The lowest BCUT2D eigenvalue weighted by Crippen LogP contribution is -2.24. The van der Waals surface area contributed by atoms with Crippen molar-refractivity contribution >= 4 is 27.3 Å². The van der Waals surface area contributed by atoms with Gasteiger partial charge in [0.2, 0.25) is 0 Å². The van der Waals surface area contributed by atoms with E-state index in [2.05, 4.69) is 27.8 Å². The molecule has 1 N–H and O–H groups in total. The summed E-state index contributed by atoms with van der Waals surface area (Å²) in [6.07, 6.45) is 0.917. The number of thiophene rings is 1. The molecule has 2 aromatic heterocycles. The van der Waals surface area contributed by atoms with Crippen LogP contribution in [-0.4, -0.2) is 17.4 Å². The minimum Gasteiger partial charge on any atom is -0.351 e. The van der Waals surface area contributed by atoms with E-state index in [4.69, 9.17) is 0 Å². The Hall–Kier alpha value is -2.20. The van der Waals surface area contributed by atoms with Gasteiger partial charge in [-0.15, -0.1) is 11.3 Å². The van der Waals surface area contributed by atoms with Gasteiger partial charge in [0.15, 0.2) is 0 Å². The molecule has 21 heavy (non-hydrogen) atoms. The fourth-order valence-electron chi connectivity index (χ4n) is 2.22. The summed E-state index contributed by atoms with van der Waals surface area (Å²) < 4.78 is 1.23. The van der Waals surface area contributed by atoms with E-state index in [1.54, 1.807) is 17.4 Å². The smallest absolute Gasteiger partial charge is 0.269 e. The first-order chi connectivity index (χ1) is 10.3. The summed E-state index contributed by atoms with van der Waals surface area (Å²) in [6, 6.07) is 13.8. The van der Waals surface area contributed by atoms with Gasteiger partial charge in [-0.1, -0.05) is 31.2 Å². The first kappa shape index (κ1) is 13.8. The Labute approximate surface area is 127 Å².